The minimum atomic E-state index is -0.287. The first kappa shape index (κ1) is 11.4. The Morgan fingerprint density at radius 1 is 1.44 bits per heavy atom. The summed E-state index contributed by atoms with van der Waals surface area (Å²) in [5.74, 6) is 0.0279. The zero-order valence-corrected chi connectivity index (χ0v) is 9.85. The highest BCUT2D eigenvalue weighted by Crippen LogP contribution is 2.37. The first-order chi connectivity index (χ1) is 7.54. The van der Waals surface area contributed by atoms with Crippen LogP contribution in [0.25, 0.3) is 0 Å². The molecular formula is C13H18FNO. The Kier molecular flexibility index (Phi) is 2.89. The third-order valence-corrected chi connectivity index (χ3v) is 3.39. The first-order valence-corrected chi connectivity index (χ1v) is 5.66. The lowest BCUT2D eigenvalue weighted by molar-refractivity contribution is 0.385. The van der Waals surface area contributed by atoms with Gasteiger partial charge in [0.15, 0.2) is 11.6 Å². The summed E-state index contributed by atoms with van der Waals surface area (Å²) in [6.07, 6.45) is 4.00. The normalized spacial score (nSPS) is 17.2. The molecule has 2 rings (SSSR count). The average Bonchev–Trinajstić information content (AvgIpc) is 2.98. The summed E-state index contributed by atoms with van der Waals surface area (Å²) in [5.41, 5.74) is 8.16. The molecule has 0 unspecified atom stereocenters. The van der Waals surface area contributed by atoms with Crippen molar-refractivity contribution in [2.75, 3.05) is 7.11 Å². The van der Waals surface area contributed by atoms with Crippen molar-refractivity contribution in [3.63, 3.8) is 0 Å². The van der Waals surface area contributed by atoms with E-state index in [-0.39, 0.29) is 11.4 Å². The fourth-order valence-corrected chi connectivity index (χ4v) is 1.92. The second-order valence-corrected chi connectivity index (χ2v) is 4.78. The highest BCUT2D eigenvalue weighted by atomic mass is 19.1. The summed E-state index contributed by atoms with van der Waals surface area (Å²) in [5, 5.41) is 0. The predicted molar refractivity (Wildman–Crippen MR) is 62.2 cm³/mol. The van der Waals surface area contributed by atoms with E-state index in [0.717, 1.165) is 36.8 Å². The van der Waals surface area contributed by atoms with Crippen molar-refractivity contribution in [1.82, 2.24) is 0 Å². The summed E-state index contributed by atoms with van der Waals surface area (Å²) >= 11 is 0. The van der Waals surface area contributed by atoms with Crippen LogP contribution in [0.4, 0.5) is 4.39 Å². The lowest BCUT2D eigenvalue weighted by Crippen LogP contribution is -2.22. The number of hydrogen-bond acceptors (Lipinski definition) is 2. The number of benzene rings is 1. The van der Waals surface area contributed by atoms with Crippen LogP contribution < -0.4 is 10.5 Å². The molecule has 2 N–H and O–H groups in total. The Balaban J connectivity index is 2.11. The number of hydrogen-bond donors (Lipinski definition) is 1. The number of rotatable bonds is 4. The van der Waals surface area contributed by atoms with E-state index in [1.54, 1.807) is 12.1 Å². The molecule has 0 atom stereocenters. The Hall–Kier alpha value is -1.09. The van der Waals surface area contributed by atoms with Gasteiger partial charge in [-0.3, -0.25) is 0 Å². The summed E-state index contributed by atoms with van der Waals surface area (Å²) in [4.78, 5) is 0. The van der Waals surface area contributed by atoms with Crippen LogP contribution >= 0.6 is 0 Å². The second-order valence-electron chi connectivity index (χ2n) is 4.78. The summed E-state index contributed by atoms with van der Waals surface area (Å²) < 4.78 is 18.4. The molecule has 1 aliphatic rings. The molecule has 2 nitrogen and oxygen atoms in total. The largest absolute Gasteiger partial charge is 0.494 e. The van der Waals surface area contributed by atoms with Crippen LogP contribution in [-0.4, -0.2) is 12.6 Å². The molecule has 0 radical (unpaired) electrons. The van der Waals surface area contributed by atoms with Gasteiger partial charge in [0.05, 0.1) is 7.11 Å². The van der Waals surface area contributed by atoms with Crippen molar-refractivity contribution >= 4 is 0 Å². The molecule has 16 heavy (non-hydrogen) atoms. The summed E-state index contributed by atoms with van der Waals surface area (Å²) in [6.45, 7) is 1.98. The Bertz CT molecular complexity index is 399. The quantitative estimate of drug-likeness (QED) is 0.851. The maximum absolute atomic E-state index is 13.5. The number of nitrogens with two attached hydrogens (primary N) is 1. The van der Waals surface area contributed by atoms with Gasteiger partial charge in [0.1, 0.15) is 0 Å². The molecule has 0 bridgehead atoms. The van der Waals surface area contributed by atoms with Gasteiger partial charge in [-0.1, -0.05) is 0 Å². The van der Waals surface area contributed by atoms with E-state index in [1.807, 2.05) is 6.92 Å². The monoisotopic (exact) mass is 223 g/mol. The van der Waals surface area contributed by atoms with Gasteiger partial charge in [0.25, 0.3) is 0 Å². The Morgan fingerprint density at radius 2 is 2.12 bits per heavy atom. The van der Waals surface area contributed by atoms with Gasteiger partial charge < -0.3 is 10.5 Å². The molecule has 0 aromatic heterocycles. The summed E-state index contributed by atoms with van der Waals surface area (Å²) in [7, 11) is 1.48. The predicted octanol–water partition coefficient (Wildman–Crippen LogP) is 2.57. The van der Waals surface area contributed by atoms with E-state index in [0.29, 0.717) is 5.75 Å². The third-order valence-electron chi connectivity index (χ3n) is 3.39. The minimum absolute atomic E-state index is 0.0306. The molecule has 1 aliphatic carbocycles. The lowest BCUT2D eigenvalue weighted by atomic mass is 10.00. The van der Waals surface area contributed by atoms with Crippen molar-refractivity contribution < 1.29 is 9.13 Å². The zero-order valence-electron chi connectivity index (χ0n) is 9.85. The molecule has 0 spiro atoms. The lowest BCUT2D eigenvalue weighted by Gasteiger charge is -2.12. The molecule has 0 heterocycles. The molecule has 1 aromatic carbocycles. The Labute approximate surface area is 95.6 Å². The standard InChI is InChI=1S/C13H18FNO/c1-9-7-12(16-2)11(14)8-10(9)3-4-13(15)5-6-13/h7-8H,3-6,15H2,1-2H3. The van der Waals surface area contributed by atoms with Crippen LogP contribution in [0.2, 0.25) is 0 Å². The van der Waals surface area contributed by atoms with Gasteiger partial charge in [-0.15, -0.1) is 0 Å². The molecule has 3 heteroatoms. The zero-order chi connectivity index (χ0) is 11.8. The molecule has 1 aromatic rings. The molecule has 88 valence electrons. The fourth-order valence-electron chi connectivity index (χ4n) is 1.92. The van der Waals surface area contributed by atoms with E-state index in [2.05, 4.69) is 0 Å². The number of methoxy groups -OCH3 is 1. The number of ether oxygens (including phenoxy) is 1. The van der Waals surface area contributed by atoms with Crippen molar-refractivity contribution in [3.05, 3.63) is 29.1 Å². The van der Waals surface area contributed by atoms with Crippen molar-refractivity contribution in [2.24, 2.45) is 5.73 Å². The van der Waals surface area contributed by atoms with Gasteiger partial charge in [-0.25, -0.2) is 4.39 Å². The van der Waals surface area contributed by atoms with Crippen molar-refractivity contribution in [3.8, 4) is 5.75 Å². The van der Waals surface area contributed by atoms with E-state index < -0.39 is 0 Å². The van der Waals surface area contributed by atoms with E-state index >= 15 is 0 Å². The smallest absolute Gasteiger partial charge is 0.165 e. The van der Waals surface area contributed by atoms with E-state index in [9.17, 15) is 4.39 Å². The molecule has 1 saturated carbocycles. The maximum Gasteiger partial charge on any atom is 0.165 e. The van der Waals surface area contributed by atoms with Crippen LogP contribution in [0.5, 0.6) is 5.75 Å². The number of halogens is 1. The number of aryl methyl sites for hydroxylation is 2. The fraction of sp³-hybridized carbons (Fsp3) is 0.538. The van der Waals surface area contributed by atoms with Crippen LogP contribution in [0.15, 0.2) is 12.1 Å². The summed E-state index contributed by atoms with van der Waals surface area (Å²) in [6, 6.07) is 3.32. The van der Waals surface area contributed by atoms with Gasteiger partial charge >= 0.3 is 0 Å². The van der Waals surface area contributed by atoms with Crippen LogP contribution in [-0.2, 0) is 6.42 Å². The maximum atomic E-state index is 13.5. The molecule has 1 fully saturated rings. The molecule has 0 saturated heterocycles. The SMILES string of the molecule is COc1cc(C)c(CCC2(N)CC2)cc1F. The average molecular weight is 223 g/mol. The van der Waals surface area contributed by atoms with E-state index in [4.69, 9.17) is 10.5 Å². The van der Waals surface area contributed by atoms with Gasteiger partial charge in [0, 0.05) is 5.54 Å². The third kappa shape index (κ3) is 2.35. The first-order valence-electron chi connectivity index (χ1n) is 5.66. The van der Waals surface area contributed by atoms with Gasteiger partial charge in [-0.05, 0) is 55.9 Å². The molecule has 0 aliphatic heterocycles. The highest BCUT2D eigenvalue weighted by Gasteiger charge is 2.37. The van der Waals surface area contributed by atoms with Crippen molar-refractivity contribution in [2.45, 2.75) is 38.1 Å². The van der Waals surface area contributed by atoms with Gasteiger partial charge in [-0.2, -0.15) is 0 Å². The molecular weight excluding hydrogens is 205 g/mol. The van der Waals surface area contributed by atoms with Crippen molar-refractivity contribution in [1.29, 1.82) is 0 Å². The van der Waals surface area contributed by atoms with Crippen LogP contribution in [0.3, 0.4) is 0 Å². The van der Waals surface area contributed by atoms with Gasteiger partial charge in [0.2, 0.25) is 0 Å². The topological polar surface area (TPSA) is 35.2 Å². The minimum Gasteiger partial charge on any atom is -0.494 e. The van der Waals surface area contributed by atoms with Crippen LogP contribution in [0, 0.1) is 12.7 Å². The van der Waals surface area contributed by atoms with E-state index in [1.165, 1.54) is 7.11 Å². The highest BCUT2D eigenvalue weighted by molar-refractivity contribution is 5.36. The van der Waals surface area contributed by atoms with Crippen LogP contribution in [0.1, 0.15) is 30.4 Å². The Morgan fingerprint density at radius 3 is 2.69 bits per heavy atom. The second kappa shape index (κ2) is 4.06. The molecule has 0 amide bonds.